The lowest BCUT2D eigenvalue weighted by Crippen LogP contribution is -2.76. The fourth-order valence-electron chi connectivity index (χ4n) is 2.30. The van der Waals surface area contributed by atoms with E-state index < -0.39 is 78.2 Å². The first-order valence-electron chi connectivity index (χ1n) is 8.67. The Morgan fingerprint density at radius 3 is 0.833 bits per heavy atom. The summed E-state index contributed by atoms with van der Waals surface area (Å²) in [6.07, 6.45) is -11.1. The predicted molar refractivity (Wildman–Crippen MR) is 74.6 cm³/mol. The largest absolute Gasteiger partial charge is 0.460 e. The molecule has 0 spiro atoms. The first-order valence-corrected chi connectivity index (χ1v) is 8.67. The zero-order valence-corrected chi connectivity index (χ0v) is 16.9. The summed E-state index contributed by atoms with van der Waals surface area (Å²) in [5.74, 6) is -78.1. The van der Waals surface area contributed by atoms with Crippen molar-refractivity contribution in [3.63, 3.8) is 0 Å². The first-order chi connectivity index (χ1) is 15.2. The Balaban J connectivity index is 7.00. The molecule has 0 aliphatic heterocycles. The van der Waals surface area contributed by atoms with Crippen LogP contribution in [0, 0.1) is 5.92 Å². The molecule has 0 saturated carbocycles. The van der Waals surface area contributed by atoms with Gasteiger partial charge in [-0.15, -0.1) is 0 Å². The number of alkyl halides is 21. The van der Waals surface area contributed by atoms with Crippen LogP contribution in [0.15, 0.2) is 0 Å². The minimum atomic E-state index is -9.13. The fourth-order valence-corrected chi connectivity index (χ4v) is 2.30. The van der Waals surface area contributed by atoms with E-state index in [1.807, 2.05) is 0 Å². The van der Waals surface area contributed by atoms with E-state index in [4.69, 9.17) is 0 Å². The Morgan fingerprint density at radius 1 is 0.389 bits per heavy atom. The standard InChI is InChI=1S/C15H11F21/c1-3-5(2)4-6(16,17)7(18,19)8(20,21)9(22,23)10(24,25)11(26,27)12(28,29)13(30,31)14(32,33)15(34,35)36/h5H,3-4H2,1-2H3. The van der Waals surface area contributed by atoms with Gasteiger partial charge < -0.3 is 0 Å². The molecule has 0 radical (unpaired) electrons. The molecule has 0 aromatic heterocycles. The summed E-state index contributed by atoms with van der Waals surface area (Å²) in [4.78, 5) is 0. The smallest absolute Gasteiger partial charge is 0.200 e. The van der Waals surface area contributed by atoms with Gasteiger partial charge in [0.1, 0.15) is 0 Å². The summed E-state index contributed by atoms with van der Waals surface area (Å²) < 4.78 is 277. The number of hydrogen-bond acceptors (Lipinski definition) is 0. The van der Waals surface area contributed by atoms with Gasteiger partial charge in [-0.3, -0.25) is 0 Å². The van der Waals surface area contributed by atoms with Crippen molar-refractivity contribution >= 4 is 0 Å². The number of rotatable bonds is 11. The normalized spacial score (nSPS) is 17.4. The van der Waals surface area contributed by atoms with Gasteiger partial charge in [-0.1, -0.05) is 20.3 Å². The van der Waals surface area contributed by atoms with Crippen molar-refractivity contribution in [2.45, 2.75) is 86.2 Å². The molecule has 1 atom stereocenters. The van der Waals surface area contributed by atoms with Gasteiger partial charge in [-0.05, 0) is 5.92 Å². The molecule has 21 heteroatoms. The summed E-state index contributed by atoms with van der Waals surface area (Å²) in [5, 5.41) is 0. The van der Waals surface area contributed by atoms with E-state index in [-0.39, 0.29) is 0 Å². The van der Waals surface area contributed by atoms with Gasteiger partial charge in [0, 0.05) is 6.42 Å². The fraction of sp³-hybridized carbons (Fsp3) is 1.00. The summed E-state index contributed by atoms with van der Waals surface area (Å²) in [6, 6.07) is 0. The summed E-state index contributed by atoms with van der Waals surface area (Å²) in [5.41, 5.74) is 0. The van der Waals surface area contributed by atoms with Gasteiger partial charge in [0.2, 0.25) is 0 Å². The molecular weight excluding hydrogens is 579 g/mol. The van der Waals surface area contributed by atoms with Crippen LogP contribution in [0.5, 0.6) is 0 Å². The van der Waals surface area contributed by atoms with E-state index in [0.717, 1.165) is 6.92 Å². The van der Waals surface area contributed by atoms with Crippen LogP contribution >= 0.6 is 0 Å². The average molecular weight is 590 g/mol. The highest BCUT2D eigenvalue weighted by Gasteiger charge is 2.97. The zero-order valence-electron chi connectivity index (χ0n) is 16.9. The van der Waals surface area contributed by atoms with E-state index in [1.165, 1.54) is 0 Å². The van der Waals surface area contributed by atoms with Crippen LogP contribution in [-0.4, -0.2) is 59.5 Å². The number of hydrogen-bond donors (Lipinski definition) is 0. The van der Waals surface area contributed by atoms with Crippen molar-refractivity contribution in [2.24, 2.45) is 5.92 Å². The Kier molecular flexibility index (Phi) is 8.43. The van der Waals surface area contributed by atoms with Crippen LogP contribution in [0.4, 0.5) is 92.2 Å². The van der Waals surface area contributed by atoms with Crippen molar-refractivity contribution in [3.8, 4) is 0 Å². The maximum atomic E-state index is 13.6. The molecule has 0 aromatic rings. The van der Waals surface area contributed by atoms with Crippen molar-refractivity contribution in [3.05, 3.63) is 0 Å². The Labute approximate surface area is 185 Å². The molecule has 0 saturated heterocycles. The van der Waals surface area contributed by atoms with Gasteiger partial charge in [0.05, 0.1) is 0 Å². The van der Waals surface area contributed by atoms with E-state index in [2.05, 4.69) is 0 Å². The van der Waals surface area contributed by atoms with Gasteiger partial charge in [-0.2, -0.15) is 92.2 Å². The van der Waals surface area contributed by atoms with Crippen LogP contribution in [0.1, 0.15) is 26.7 Å². The van der Waals surface area contributed by atoms with Crippen LogP contribution in [-0.2, 0) is 0 Å². The molecule has 36 heavy (non-hydrogen) atoms. The third-order valence-electron chi connectivity index (χ3n) is 4.88. The maximum absolute atomic E-state index is 13.6. The topological polar surface area (TPSA) is 0 Å². The lowest BCUT2D eigenvalue weighted by molar-refractivity contribution is -0.474. The van der Waals surface area contributed by atoms with Crippen LogP contribution in [0.25, 0.3) is 0 Å². The number of halogens is 21. The molecule has 0 N–H and O–H groups in total. The molecular formula is C15H11F21. The lowest BCUT2D eigenvalue weighted by atomic mass is 9.84. The van der Waals surface area contributed by atoms with Crippen molar-refractivity contribution in [2.75, 3.05) is 0 Å². The second-order valence-electron chi connectivity index (χ2n) is 7.51. The monoisotopic (exact) mass is 590 g/mol. The summed E-state index contributed by atoms with van der Waals surface area (Å²) in [6.45, 7) is 1.49. The summed E-state index contributed by atoms with van der Waals surface area (Å²) in [7, 11) is 0. The summed E-state index contributed by atoms with van der Waals surface area (Å²) >= 11 is 0. The average Bonchev–Trinajstić information content (AvgIpc) is 2.65. The van der Waals surface area contributed by atoms with E-state index in [1.54, 1.807) is 0 Å². The quantitative estimate of drug-likeness (QED) is 0.211. The van der Waals surface area contributed by atoms with Crippen LogP contribution in [0.3, 0.4) is 0 Å². The van der Waals surface area contributed by atoms with Gasteiger partial charge in [0.25, 0.3) is 0 Å². The molecule has 0 bridgehead atoms. The molecule has 218 valence electrons. The molecule has 0 rings (SSSR count). The predicted octanol–water partition coefficient (Wildman–Crippen LogP) is 8.70. The molecule has 1 unspecified atom stereocenters. The van der Waals surface area contributed by atoms with Gasteiger partial charge in [0.15, 0.2) is 0 Å². The van der Waals surface area contributed by atoms with E-state index in [9.17, 15) is 92.2 Å². The zero-order chi connectivity index (χ0) is 30.0. The highest BCUT2D eigenvalue weighted by Crippen LogP contribution is 2.66. The van der Waals surface area contributed by atoms with Crippen molar-refractivity contribution in [1.82, 2.24) is 0 Å². The molecule has 0 aromatic carbocycles. The highest BCUT2D eigenvalue weighted by atomic mass is 19.4. The van der Waals surface area contributed by atoms with E-state index in [0.29, 0.717) is 6.92 Å². The SMILES string of the molecule is CCC(C)CC(F)(F)C(F)(F)C(F)(F)C(F)(F)C(F)(F)C(F)(F)C(F)(F)C(F)(F)C(F)(F)C(F)(F)F. The minimum absolute atomic E-state index is 0.576. The van der Waals surface area contributed by atoms with Crippen LogP contribution in [0.2, 0.25) is 0 Å². The molecule has 0 aliphatic rings. The van der Waals surface area contributed by atoms with Crippen LogP contribution < -0.4 is 0 Å². The maximum Gasteiger partial charge on any atom is 0.460 e. The Hall–Kier alpha value is -1.47. The molecule has 0 amide bonds. The second-order valence-corrected chi connectivity index (χ2v) is 7.51. The highest BCUT2D eigenvalue weighted by molar-refractivity contribution is 5.17. The third-order valence-corrected chi connectivity index (χ3v) is 4.88. The second kappa shape index (κ2) is 8.79. The van der Waals surface area contributed by atoms with Crippen molar-refractivity contribution < 1.29 is 92.2 Å². The van der Waals surface area contributed by atoms with Gasteiger partial charge in [-0.25, -0.2) is 0 Å². The minimum Gasteiger partial charge on any atom is -0.200 e. The van der Waals surface area contributed by atoms with Gasteiger partial charge >= 0.3 is 59.5 Å². The molecule has 0 nitrogen and oxygen atoms in total. The lowest BCUT2D eigenvalue weighted by Gasteiger charge is -2.44. The third kappa shape index (κ3) is 4.32. The Morgan fingerprint density at radius 2 is 0.611 bits per heavy atom. The Bertz CT molecular complexity index is 773. The molecule has 0 heterocycles. The first kappa shape index (κ1) is 34.5. The van der Waals surface area contributed by atoms with E-state index >= 15 is 0 Å². The van der Waals surface area contributed by atoms with Crippen molar-refractivity contribution in [1.29, 1.82) is 0 Å². The molecule has 0 aliphatic carbocycles. The molecule has 0 fully saturated rings.